The molecular weight excluding hydrogens is 230 g/mol. The van der Waals surface area contributed by atoms with Gasteiger partial charge in [-0.25, -0.2) is 9.67 Å². The maximum atomic E-state index is 12.2. The number of carbonyl (C=O) groups excluding carboxylic acids is 1. The van der Waals surface area contributed by atoms with Gasteiger partial charge in [-0.2, -0.15) is 5.10 Å². The summed E-state index contributed by atoms with van der Waals surface area (Å²) in [6.07, 6.45) is 2.53. The molecule has 1 atom stereocenters. The largest absolute Gasteiger partial charge is 0.334 e. The van der Waals surface area contributed by atoms with Crippen LogP contribution in [0.4, 0.5) is 0 Å². The summed E-state index contributed by atoms with van der Waals surface area (Å²) < 4.78 is 1.87. The zero-order valence-corrected chi connectivity index (χ0v) is 11.3. The molecule has 1 fully saturated rings. The van der Waals surface area contributed by atoms with Gasteiger partial charge < -0.3 is 10.2 Å². The van der Waals surface area contributed by atoms with Crippen LogP contribution in [0.15, 0.2) is 6.33 Å². The Balaban J connectivity index is 2.11. The molecule has 6 nitrogen and oxygen atoms in total. The molecule has 2 rings (SSSR count). The topological polar surface area (TPSA) is 63.0 Å². The first kappa shape index (κ1) is 13.0. The molecule has 6 heteroatoms. The Morgan fingerprint density at radius 3 is 3.06 bits per heavy atom. The number of hydrogen-bond donors (Lipinski definition) is 1. The number of nitrogens with zero attached hydrogens (tertiary/aromatic N) is 4. The molecule has 1 N–H and O–H groups in total. The number of nitrogens with one attached hydrogen (secondary N) is 1. The second kappa shape index (κ2) is 5.48. The van der Waals surface area contributed by atoms with Crippen molar-refractivity contribution in [2.45, 2.75) is 45.8 Å². The molecule has 0 radical (unpaired) electrons. The smallest absolute Gasteiger partial charge is 0.239 e. The van der Waals surface area contributed by atoms with Gasteiger partial charge in [0.1, 0.15) is 12.2 Å². The summed E-state index contributed by atoms with van der Waals surface area (Å²) in [5, 5.41) is 7.41. The monoisotopic (exact) mass is 251 g/mol. The number of rotatable bonds is 3. The molecule has 1 amide bonds. The van der Waals surface area contributed by atoms with E-state index in [4.69, 9.17) is 0 Å². The van der Waals surface area contributed by atoms with Crippen LogP contribution in [0.25, 0.3) is 0 Å². The zero-order chi connectivity index (χ0) is 13.1. The Morgan fingerprint density at radius 2 is 2.33 bits per heavy atom. The minimum atomic E-state index is -0.108. The summed E-state index contributed by atoms with van der Waals surface area (Å²) in [5.74, 6) is 0.998. The van der Waals surface area contributed by atoms with Crippen LogP contribution in [0.3, 0.4) is 0 Å². The van der Waals surface area contributed by atoms with Crippen LogP contribution in [0.1, 0.15) is 39.1 Å². The highest BCUT2D eigenvalue weighted by Crippen LogP contribution is 2.11. The summed E-state index contributed by atoms with van der Waals surface area (Å²) in [7, 11) is 0. The number of hydrogen-bond acceptors (Lipinski definition) is 4. The van der Waals surface area contributed by atoms with Crippen molar-refractivity contribution >= 4 is 5.91 Å². The fraction of sp³-hybridized carbons (Fsp3) is 0.750. The summed E-state index contributed by atoms with van der Waals surface area (Å²) in [6.45, 7) is 8.25. The van der Waals surface area contributed by atoms with Gasteiger partial charge in [-0.05, 0) is 33.7 Å². The van der Waals surface area contributed by atoms with E-state index in [1.165, 1.54) is 0 Å². The first-order chi connectivity index (χ1) is 8.59. The van der Waals surface area contributed by atoms with Crippen molar-refractivity contribution in [2.75, 3.05) is 13.1 Å². The molecule has 0 aliphatic carbocycles. The molecule has 1 saturated heterocycles. The van der Waals surface area contributed by atoms with E-state index in [0.29, 0.717) is 6.54 Å². The third-order valence-corrected chi connectivity index (χ3v) is 3.21. The molecule has 1 unspecified atom stereocenters. The maximum absolute atomic E-state index is 12.2. The minimum absolute atomic E-state index is 0.108. The summed E-state index contributed by atoms with van der Waals surface area (Å²) in [5.41, 5.74) is 0. The van der Waals surface area contributed by atoms with Crippen molar-refractivity contribution in [2.24, 2.45) is 0 Å². The van der Waals surface area contributed by atoms with Crippen LogP contribution in [0.5, 0.6) is 0 Å². The van der Waals surface area contributed by atoms with Crippen molar-refractivity contribution in [1.82, 2.24) is 25.0 Å². The van der Waals surface area contributed by atoms with Gasteiger partial charge in [-0.1, -0.05) is 0 Å². The van der Waals surface area contributed by atoms with Crippen molar-refractivity contribution in [3.05, 3.63) is 12.2 Å². The highest BCUT2D eigenvalue weighted by molar-refractivity contribution is 5.81. The molecule has 2 heterocycles. The third kappa shape index (κ3) is 2.69. The summed E-state index contributed by atoms with van der Waals surface area (Å²) in [4.78, 5) is 18.3. The van der Waals surface area contributed by atoms with Gasteiger partial charge in [0.2, 0.25) is 5.91 Å². The normalized spacial score (nSPS) is 21.4. The van der Waals surface area contributed by atoms with E-state index in [9.17, 15) is 4.79 Å². The lowest BCUT2D eigenvalue weighted by atomic mass is 10.3. The molecule has 1 aliphatic heterocycles. The molecule has 18 heavy (non-hydrogen) atoms. The Hall–Kier alpha value is -1.43. The zero-order valence-electron chi connectivity index (χ0n) is 11.3. The Morgan fingerprint density at radius 1 is 1.56 bits per heavy atom. The lowest BCUT2D eigenvalue weighted by molar-refractivity contribution is -0.133. The molecule has 0 aromatic carbocycles. The van der Waals surface area contributed by atoms with Gasteiger partial charge in [0.25, 0.3) is 0 Å². The van der Waals surface area contributed by atoms with Gasteiger partial charge in [0, 0.05) is 12.6 Å². The van der Waals surface area contributed by atoms with Crippen molar-refractivity contribution in [1.29, 1.82) is 0 Å². The molecule has 0 bridgehead atoms. The van der Waals surface area contributed by atoms with Gasteiger partial charge >= 0.3 is 0 Å². The first-order valence-corrected chi connectivity index (χ1v) is 6.50. The van der Waals surface area contributed by atoms with E-state index in [-0.39, 0.29) is 18.0 Å². The van der Waals surface area contributed by atoms with E-state index in [1.54, 1.807) is 6.33 Å². The molecule has 0 saturated carbocycles. The average molecular weight is 251 g/mol. The van der Waals surface area contributed by atoms with Gasteiger partial charge in [0.05, 0.1) is 12.6 Å². The Kier molecular flexibility index (Phi) is 3.96. The number of amides is 1. The predicted octanol–water partition coefficient (Wildman–Crippen LogP) is 0.569. The predicted molar refractivity (Wildman–Crippen MR) is 67.9 cm³/mol. The summed E-state index contributed by atoms with van der Waals surface area (Å²) >= 11 is 0. The van der Waals surface area contributed by atoms with Crippen LogP contribution in [-0.4, -0.2) is 44.7 Å². The Labute approximate surface area is 107 Å². The SMILES string of the molecule is CC1NCCCN(Cc2ncnn2C(C)C)C1=O. The highest BCUT2D eigenvalue weighted by atomic mass is 16.2. The number of aromatic nitrogens is 3. The Bertz CT molecular complexity index is 414. The van der Waals surface area contributed by atoms with Crippen LogP contribution in [-0.2, 0) is 11.3 Å². The van der Waals surface area contributed by atoms with Crippen LogP contribution in [0, 0.1) is 0 Å². The van der Waals surface area contributed by atoms with Crippen molar-refractivity contribution < 1.29 is 4.79 Å². The first-order valence-electron chi connectivity index (χ1n) is 6.50. The standard InChI is InChI=1S/C12H21N5O/c1-9(2)17-11(14-8-15-17)7-16-6-4-5-13-10(3)12(16)18/h8-10,13H,4-7H2,1-3H3. The lowest BCUT2D eigenvalue weighted by Gasteiger charge is -2.22. The van der Waals surface area contributed by atoms with Crippen LogP contribution >= 0.6 is 0 Å². The second-order valence-electron chi connectivity index (χ2n) is 5.00. The fourth-order valence-electron chi connectivity index (χ4n) is 2.21. The van der Waals surface area contributed by atoms with Gasteiger partial charge in [-0.15, -0.1) is 0 Å². The van der Waals surface area contributed by atoms with Crippen molar-refractivity contribution in [3.63, 3.8) is 0 Å². The molecule has 1 aromatic heterocycles. The van der Waals surface area contributed by atoms with E-state index in [2.05, 4.69) is 29.2 Å². The van der Waals surface area contributed by atoms with E-state index in [0.717, 1.165) is 25.3 Å². The third-order valence-electron chi connectivity index (χ3n) is 3.21. The van der Waals surface area contributed by atoms with E-state index < -0.39 is 0 Å². The van der Waals surface area contributed by atoms with Crippen LogP contribution < -0.4 is 5.32 Å². The van der Waals surface area contributed by atoms with E-state index >= 15 is 0 Å². The van der Waals surface area contributed by atoms with E-state index in [1.807, 2.05) is 16.5 Å². The second-order valence-corrected chi connectivity index (χ2v) is 5.00. The van der Waals surface area contributed by atoms with Crippen molar-refractivity contribution in [3.8, 4) is 0 Å². The number of carbonyl (C=O) groups is 1. The fourth-order valence-corrected chi connectivity index (χ4v) is 2.21. The molecule has 1 aromatic rings. The minimum Gasteiger partial charge on any atom is -0.334 e. The lowest BCUT2D eigenvalue weighted by Crippen LogP contribution is -2.41. The quantitative estimate of drug-likeness (QED) is 0.853. The maximum Gasteiger partial charge on any atom is 0.239 e. The molecule has 0 spiro atoms. The summed E-state index contributed by atoms with van der Waals surface area (Å²) in [6, 6.07) is 0.156. The van der Waals surface area contributed by atoms with Gasteiger partial charge in [0.15, 0.2) is 0 Å². The van der Waals surface area contributed by atoms with Gasteiger partial charge in [-0.3, -0.25) is 4.79 Å². The highest BCUT2D eigenvalue weighted by Gasteiger charge is 2.24. The average Bonchev–Trinajstić information content (AvgIpc) is 2.73. The molecule has 1 aliphatic rings. The molecule has 100 valence electrons. The van der Waals surface area contributed by atoms with Crippen LogP contribution in [0.2, 0.25) is 0 Å². The molecular formula is C12H21N5O.